The molecule has 0 bridgehead atoms. The van der Waals surface area contributed by atoms with E-state index in [1.54, 1.807) is 0 Å². The lowest BCUT2D eigenvalue weighted by Crippen LogP contribution is -2.13. The van der Waals surface area contributed by atoms with E-state index in [0.717, 1.165) is 18.2 Å². The minimum absolute atomic E-state index is 0.125. The highest BCUT2D eigenvalue weighted by Gasteiger charge is 2.12. The van der Waals surface area contributed by atoms with Crippen LogP contribution in [0.4, 0.5) is 14.5 Å². The van der Waals surface area contributed by atoms with Crippen LogP contribution in [-0.4, -0.2) is 5.91 Å². The fraction of sp³-hybridized carbons (Fsp3) is 0. The molecule has 4 N–H and O–H groups in total. The third-order valence-electron chi connectivity index (χ3n) is 2.48. The van der Waals surface area contributed by atoms with E-state index in [2.05, 4.69) is 0 Å². The van der Waals surface area contributed by atoms with Crippen LogP contribution in [-0.2, 0) is 0 Å². The second-order valence-corrected chi connectivity index (χ2v) is 3.83. The Morgan fingerprint density at radius 1 is 1.00 bits per heavy atom. The van der Waals surface area contributed by atoms with Gasteiger partial charge in [0.25, 0.3) is 0 Å². The zero-order chi connectivity index (χ0) is 13.3. The Bertz CT molecular complexity index is 606. The molecule has 0 aliphatic rings. The number of amides is 1. The predicted molar refractivity (Wildman–Crippen MR) is 64.7 cm³/mol. The van der Waals surface area contributed by atoms with E-state index in [1.165, 1.54) is 18.2 Å². The Hall–Kier alpha value is -2.43. The van der Waals surface area contributed by atoms with Gasteiger partial charge in [0, 0.05) is 17.3 Å². The number of carbonyl (C=O) groups is 1. The van der Waals surface area contributed by atoms with Crippen molar-refractivity contribution in [2.75, 3.05) is 5.73 Å². The van der Waals surface area contributed by atoms with Gasteiger partial charge in [-0.3, -0.25) is 4.79 Å². The molecule has 3 nitrogen and oxygen atoms in total. The molecule has 2 aromatic carbocycles. The molecule has 2 rings (SSSR count). The number of hydrogen-bond acceptors (Lipinski definition) is 2. The van der Waals surface area contributed by atoms with Crippen molar-refractivity contribution in [3.05, 3.63) is 53.6 Å². The highest BCUT2D eigenvalue weighted by molar-refractivity contribution is 6.00. The van der Waals surface area contributed by atoms with E-state index >= 15 is 0 Å². The third kappa shape index (κ3) is 2.29. The normalized spacial score (nSPS) is 10.3. The van der Waals surface area contributed by atoms with Gasteiger partial charge in [0.1, 0.15) is 11.6 Å². The Morgan fingerprint density at radius 3 is 2.17 bits per heavy atom. The van der Waals surface area contributed by atoms with Crippen molar-refractivity contribution in [2.45, 2.75) is 0 Å². The molecule has 0 aromatic heterocycles. The summed E-state index contributed by atoms with van der Waals surface area (Å²) < 4.78 is 26.3. The average molecular weight is 248 g/mol. The lowest BCUT2D eigenvalue weighted by atomic mass is 9.98. The third-order valence-corrected chi connectivity index (χ3v) is 2.48. The zero-order valence-corrected chi connectivity index (χ0v) is 9.28. The molecule has 0 radical (unpaired) electrons. The molecular weight excluding hydrogens is 238 g/mol. The summed E-state index contributed by atoms with van der Waals surface area (Å²) in [4.78, 5) is 11.3. The molecule has 0 aliphatic carbocycles. The number of rotatable bonds is 2. The monoisotopic (exact) mass is 248 g/mol. The maximum Gasteiger partial charge on any atom is 0.249 e. The van der Waals surface area contributed by atoms with E-state index in [1.807, 2.05) is 0 Å². The summed E-state index contributed by atoms with van der Waals surface area (Å²) in [5.41, 5.74) is 11.8. The van der Waals surface area contributed by atoms with Crippen LogP contribution < -0.4 is 11.5 Å². The number of nitrogen functional groups attached to an aromatic ring is 1. The summed E-state index contributed by atoms with van der Waals surface area (Å²) in [7, 11) is 0. The molecule has 0 saturated heterocycles. The van der Waals surface area contributed by atoms with E-state index < -0.39 is 17.5 Å². The van der Waals surface area contributed by atoms with Crippen molar-refractivity contribution in [3.8, 4) is 11.1 Å². The number of benzene rings is 2. The van der Waals surface area contributed by atoms with Crippen molar-refractivity contribution < 1.29 is 13.6 Å². The molecule has 0 unspecified atom stereocenters. The van der Waals surface area contributed by atoms with Gasteiger partial charge in [-0.25, -0.2) is 8.78 Å². The first kappa shape index (κ1) is 12.0. The Balaban J connectivity index is 2.66. The van der Waals surface area contributed by atoms with Crippen LogP contribution in [0.5, 0.6) is 0 Å². The number of nitrogens with two attached hydrogens (primary N) is 2. The van der Waals surface area contributed by atoms with Crippen LogP contribution in [0.3, 0.4) is 0 Å². The van der Waals surface area contributed by atoms with Gasteiger partial charge >= 0.3 is 0 Å². The second-order valence-electron chi connectivity index (χ2n) is 3.83. The SMILES string of the molecule is NC(=O)c1cc(N)ccc1-c1cc(F)cc(F)c1. The largest absolute Gasteiger partial charge is 0.399 e. The standard InChI is InChI=1S/C13H10F2N2O/c14-8-3-7(4-9(15)5-8)11-2-1-10(16)6-12(11)13(17)18/h1-6H,16H2,(H2,17,18). The molecule has 92 valence electrons. The molecule has 1 amide bonds. The lowest BCUT2D eigenvalue weighted by Gasteiger charge is -2.08. The molecule has 0 heterocycles. The first-order valence-electron chi connectivity index (χ1n) is 5.13. The minimum Gasteiger partial charge on any atom is -0.399 e. The lowest BCUT2D eigenvalue weighted by molar-refractivity contribution is 0.100. The van der Waals surface area contributed by atoms with Crippen LogP contribution >= 0.6 is 0 Å². The predicted octanol–water partition coefficient (Wildman–Crippen LogP) is 2.31. The number of anilines is 1. The number of halogens is 2. The maximum atomic E-state index is 13.1. The summed E-state index contributed by atoms with van der Waals surface area (Å²) in [5, 5.41) is 0. The zero-order valence-electron chi connectivity index (χ0n) is 9.28. The van der Waals surface area contributed by atoms with Crippen LogP contribution in [0.25, 0.3) is 11.1 Å². The molecule has 0 atom stereocenters. The molecule has 18 heavy (non-hydrogen) atoms. The summed E-state index contributed by atoms with van der Waals surface area (Å²) in [5.74, 6) is -2.16. The Kier molecular flexibility index (Phi) is 2.97. The van der Waals surface area contributed by atoms with Crippen molar-refractivity contribution in [3.63, 3.8) is 0 Å². The Labute approximate surface area is 102 Å². The van der Waals surface area contributed by atoms with Gasteiger partial charge in [-0.1, -0.05) is 6.07 Å². The van der Waals surface area contributed by atoms with Gasteiger partial charge in [0.05, 0.1) is 0 Å². The molecule has 5 heteroatoms. The molecule has 0 fully saturated rings. The van der Waals surface area contributed by atoms with Crippen LogP contribution in [0.15, 0.2) is 36.4 Å². The summed E-state index contributed by atoms with van der Waals surface area (Å²) in [6.45, 7) is 0. The average Bonchev–Trinajstić information content (AvgIpc) is 2.27. The summed E-state index contributed by atoms with van der Waals surface area (Å²) >= 11 is 0. The summed E-state index contributed by atoms with van der Waals surface area (Å²) in [6, 6.07) is 7.42. The number of primary amides is 1. The van der Waals surface area contributed by atoms with Crippen molar-refractivity contribution in [2.24, 2.45) is 5.73 Å². The van der Waals surface area contributed by atoms with Crippen LogP contribution in [0.1, 0.15) is 10.4 Å². The molecule has 0 saturated carbocycles. The maximum absolute atomic E-state index is 13.1. The topological polar surface area (TPSA) is 69.1 Å². The minimum atomic E-state index is -0.725. The first-order chi connectivity index (χ1) is 8.47. The van der Waals surface area contributed by atoms with Crippen molar-refractivity contribution in [1.29, 1.82) is 0 Å². The van der Waals surface area contributed by atoms with Crippen LogP contribution in [0.2, 0.25) is 0 Å². The van der Waals surface area contributed by atoms with Crippen molar-refractivity contribution >= 4 is 11.6 Å². The molecule has 0 aliphatic heterocycles. The van der Waals surface area contributed by atoms with E-state index in [4.69, 9.17) is 11.5 Å². The Morgan fingerprint density at radius 2 is 1.61 bits per heavy atom. The fourth-order valence-electron chi connectivity index (χ4n) is 1.73. The highest BCUT2D eigenvalue weighted by Crippen LogP contribution is 2.26. The second kappa shape index (κ2) is 4.44. The van der Waals surface area contributed by atoms with E-state index in [0.29, 0.717) is 11.3 Å². The van der Waals surface area contributed by atoms with Crippen molar-refractivity contribution in [1.82, 2.24) is 0 Å². The smallest absolute Gasteiger partial charge is 0.249 e. The quantitative estimate of drug-likeness (QED) is 0.801. The summed E-state index contributed by atoms with van der Waals surface area (Å²) in [6.07, 6.45) is 0. The molecule has 2 aromatic rings. The molecule has 0 spiro atoms. The number of hydrogen-bond donors (Lipinski definition) is 2. The van der Waals surface area contributed by atoms with Gasteiger partial charge < -0.3 is 11.5 Å². The first-order valence-corrected chi connectivity index (χ1v) is 5.13. The van der Waals surface area contributed by atoms with Gasteiger partial charge in [-0.05, 0) is 35.4 Å². The van der Waals surface area contributed by atoms with Crippen LogP contribution in [0, 0.1) is 11.6 Å². The molecular formula is C13H10F2N2O. The van der Waals surface area contributed by atoms with Gasteiger partial charge in [0.2, 0.25) is 5.91 Å². The van der Waals surface area contributed by atoms with Gasteiger partial charge in [-0.2, -0.15) is 0 Å². The fourth-order valence-corrected chi connectivity index (χ4v) is 1.73. The van der Waals surface area contributed by atoms with E-state index in [9.17, 15) is 13.6 Å². The van der Waals surface area contributed by atoms with Gasteiger partial charge in [-0.15, -0.1) is 0 Å². The van der Waals surface area contributed by atoms with E-state index in [-0.39, 0.29) is 11.1 Å². The van der Waals surface area contributed by atoms with Gasteiger partial charge in [0.15, 0.2) is 0 Å². The number of carbonyl (C=O) groups excluding carboxylic acids is 1. The highest BCUT2D eigenvalue weighted by atomic mass is 19.1.